The molecule has 5 heteroatoms. The molecule has 0 amide bonds. The van der Waals surface area contributed by atoms with Crippen LogP contribution < -0.4 is 0 Å². The molecule has 0 radical (unpaired) electrons. The number of fused-ring (bicyclic) bond motifs is 1. The van der Waals surface area contributed by atoms with Crippen LogP contribution in [0.1, 0.15) is 19.8 Å². The summed E-state index contributed by atoms with van der Waals surface area (Å²) in [6, 6.07) is -1.14. The number of hydrogen-bond donors (Lipinski definition) is 3. The molecular formula is C10H17NO4. The topological polar surface area (TPSA) is 81.0 Å². The number of piperidine rings is 1. The van der Waals surface area contributed by atoms with E-state index in [1.54, 1.807) is 4.90 Å². The second kappa shape index (κ2) is 3.73. The molecule has 5 nitrogen and oxygen atoms in total. The van der Waals surface area contributed by atoms with E-state index >= 15 is 0 Å². The number of aliphatic carboxylic acids is 1. The molecule has 0 aromatic rings. The Bertz CT molecular complexity index is 270. The smallest absolute Gasteiger partial charge is 0.323 e. The summed E-state index contributed by atoms with van der Waals surface area (Å²) < 4.78 is 0. The molecule has 3 N–H and O–H groups in total. The summed E-state index contributed by atoms with van der Waals surface area (Å²) in [5.74, 6) is -0.800. The van der Waals surface area contributed by atoms with Gasteiger partial charge in [-0.1, -0.05) is 6.92 Å². The van der Waals surface area contributed by atoms with Gasteiger partial charge in [0.2, 0.25) is 0 Å². The number of hydrogen-bond acceptors (Lipinski definition) is 4. The van der Waals surface area contributed by atoms with E-state index in [1.807, 2.05) is 6.92 Å². The first-order valence-corrected chi connectivity index (χ1v) is 5.38. The van der Waals surface area contributed by atoms with Crippen molar-refractivity contribution < 1.29 is 20.1 Å². The Kier molecular flexibility index (Phi) is 2.70. The van der Waals surface area contributed by atoms with E-state index in [4.69, 9.17) is 5.11 Å². The van der Waals surface area contributed by atoms with Crippen LogP contribution >= 0.6 is 0 Å². The fourth-order valence-electron chi connectivity index (χ4n) is 2.97. The third-order valence-corrected chi connectivity index (χ3v) is 3.68. The highest BCUT2D eigenvalue weighted by Crippen LogP contribution is 2.35. The third kappa shape index (κ3) is 1.55. The maximum atomic E-state index is 11.0. The molecule has 0 spiro atoms. The Morgan fingerprint density at radius 1 is 1.33 bits per heavy atom. The molecule has 2 aliphatic heterocycles. The van der Waals surface area contributed by atoms with Gasteiger partial charge in [0.15, 0.2) is 0 Å². The number of aliphatic hydroxyl groups is 2. The molecule has 4 unspecified atom stereocenters. The Morgan fingerprint density at radius 3 is 2.60 bits per heavy atom. The number of rotatable bonds is 1. The third-order valence-electron chi connectivity index (χ3n) is 3.68. The summed E-state index contributed by atoms with van der Waals surface area (Å²) >= 11 is 0. The fraction of sp³-hybridized carbons (Fsp3) is 0.900. The molecule has 0 aliphatic carbocycles. The molecule has 0 aromatic heterocycles. The lowest BCUT2D eigenvalue weighted by molar-refractivity contribution is -0.146. The zero-order chi connectivity index (χ0) is 11.2. The number of aliphatic hydroxyl groups excluding tert-OH is 2. The Morgan fingerprint density at radius 2 is 2.00 bits per heavy atom. The van der Waals surface area contributed by atoms with Gasteiger partial charge in [-0.15, -0.1) is 0 Å². The normalized spacial score (nSPS) is 46.5. The molecular weight excluding hydrogens is 198 g/mol. The van der Waals surface area contributed by atoms with E-state index < -0.39 is 24.2 Å². The van der Waals surface area contributed by atoms with Crippen LogP contribution in [0.3, 0.4) is 0 Å². The molecule has 0 bridgehead atoms. The number of carboxylic acids is 1. The van der Waals surface area contributed by atoms with Crippen LogP contribution in [0, 0.1) is 5.92 Å². The van der Waals surface area contributed by atoms with Crippen LogP contribution in [0.15, 0.2) is 0 Å². The van der Waals surface area contributed by atoms with Crippen LogP contribution in [0.25, 0.3) is 0 Å². The predicted octanol–water partition coefficient (Wildman–Crippen LogP) is -0.725. The minimum absolute atomic E-state index is 0.199. The van der Waals surface area contributed by atoms with E-state index in [9.17, 15) is 15.0 Å². The largest absolute Gasteiger partial charge is 0.480 e. The number of nitrogens with zero attached hydrogens (tertiary/aromatic N) is 1. The van der Waals surface area contributed by atoms with E-state index in [-0.39, 0.29) is 12.0 Å². The van der Waals surface area contributed by atoms with Crippen molar-refractivity contribution in [3.8, 4) is 0 Å². The first-order valence-electron chi connectivity index (χ1n) is 5.38. The van der Waals surface area contributed by atoms with Gasteiger partial charge in [-0.05, 0) is 25.3 Å². The average Bonchev–Trinajstić information content (AvgIpc) is 2.41. The minimum atomic E-state index is -1.16. The molecule has 2 rings (SSSR count). The van der Waals surface area contributed by atoms with Gasteiger partial charge < -0.3 is 15.3 Å². The molecule has 0 saturated carbocycles. The van der Waals surface area contributed by atoms with Crippen LogP contribution in [-0.4, -0.2) is 57.0 Å². The lowest BCUT2D eigenvalue weighted by Gasteiger charge is -2.37. The summed E-state index contributed by atoms with van der Waals surface area (Å²) in [4.78, 5) is 12.7. The fourth-order valence-corrected chi connectivity index (χ4v) is 2.97. The molecule has 2 fully saturated rings. The van der Waals surface area contributed by atoms with Gasteiger partial charge in [-0.2, -0.15) is 0 Å². The van der Waals surface area contributed by atoms with Crippen molar-refractivity contribution in [3.63, 3.8) is 0 Å². The quantitative estimate of drug-likeness (QED) is 0.537. The molecule has 0 aromatic carbocycles. The molecule has 2 heterocycles. The van der Waals surface area contributed by atoms with Gasteiger partial charge in [-0.25, -0.2) is 0 Å². The lowest BCUT2D eigenvalue weighted by atomic mass is 9.89. The highest BCUT2D eigenvalue weighted by atomic mass is 16.4. The second-order valence-electron chi connectivity index (χ2n) is 4.61. The van der Waals surface area contributed by atoms with Crippen LogP contribution in [-0.2, 0) is 4.79 Å². The molecule has 5 atom stereocenters. The van der Waals surface area contributed by atoms with E-state index in [0.29, 0.717) is 6.54 Å². The van der Waals surface area contributed by atoms with E-state index in [1.165, 1.54) is 0 Å². The van der Waals surface area contributed by atoms with Crippen molar-refractivity contribution in [3.05, 3.63) is 0 Å². The SMILES string of the molecule is CC1CCCN2C(C(=O)O)C(O)C(O)[C@H]12. The Labute approximate surface area is 88.3 Å². The van der Waals surface area contributed by atoms with Gasteiger partial charge in [0, 0.05) is 6.04 Å². The van der Waals surface area contributed by atoms with Gasteiger partial charge in [0.1, 0.15) is 12.1 Å². The van der Waals surface area contributed by atoms with Crippen molar-refractivity contribution in [1.82, 2.24) is 4.90 Å². The highest BCUT2D eigenvalue weighted by molar-refractivity contribution is 5.75. The Balaban J connectivity index is 2.26. The first kappa shape index (κ1) is 10.9. The van der Waals surface area contributed by atoms with Crippen LogP contribution in [0.5, 0.6) is 0 Å². The van der Waals surface area contributed by atoms with Crippen molar-refractivity contribution in [2.75, 3.05) is 6.54 Å². The van der Waals surface area contributed by atoms with Crippen molar-refractivity contribution in [2.45, 2.75) is 44.1 Å². The van der Waals surface area contributed by atoms with Gasteiger partial charge in [0.25, 0.3) is 0 Å². The summed E-state index contributed by atoms with van der Waals surface area (Å²) in [5.41, 5.74) is 0. The van der Waals surface area contributed by atoms with Crippen molar-refractivity contribution in [2.24, 2.45) is 5.92 Å². The lowest BCUT2D eigenvalue weighted by Crippen LogP contribution is -2.49. The zero-order valence-corrected chi connectivity index (χ0v) is 8.71. The summed E-state index contributed by atoms with van der Waals surface area (Å²) in [7, 11) is 0. The summed E-state index contributed by atoms with van der Waals surface area (Å²) in [6.45, 7) is 2.65. The Hall–Kier alpha value is -0.650. The monoisotopic (exact) mass is 215 g/mol. The van der Waals surface area contributed by atoms with Gasteiger partial charge in [-0.3, -0.25) is 9.69 Å². The van der Waals surface area contributed by atoms with E-state index in [0.717, 1.165) is 12.8 Å². The molecule has 2 aliphatic rings. The summed E-state index contributed by atoms with van der Waals surface area (Å²) in [5, 5.41) is 28.5. The molecule has 2 saturated heterocycles. The minimum Gasteiger partial charge on any atom is -0.480 e. The maximum absolute atomic E-state index is 11.0. The number of carboxylic acid groups (broad SMARTS) is 1. The van der Waals surface area contributed by atoms with Gasteiger partial charge in [0.05, 0.1) is 6.10 Å². The van der Waals surface area contributed by atoms with Crippen LogP contribution in [0.2, 0.25) is 0 Å². The predicted molar refractivity (Wildman–Crippen MR) is 52.3 cm³/mol. The van der Waals surface area contributed by atoms with Crippen LogP contribution in [0.4, 0.5) is 0 Å². The average molecular weight is 215 g/mol. The summed E-state index contributed by atoms with van der Waals surface area (Å²) in [6.07, 6.45) is -0.174. The second-order valence-corrected chi connectivity index (χ2v) is 4.61. The molecule has 15 heavy (non-hydrogen) atoms. The molecule has 86 valence electrons. The van der Waals surface area contributed by atoms with E-state index in [2.05, 4.69) is 0 Å². The first-order chi connectivity index (χ1) is 7.04. The van der Waals surface area contributed by atoms with Crippen molar-refractivity contribution >= 4 is 5.97 Å². The van der Waals surface area contributed by atoms with Crippen molar-refractivity contribution in [1.29, 1.82) is 0 Å². The highest BCUT2D eigenvalue weighted by Gasteiger charge is 2.53. The standard InChI is InChI=1S/C10H17NO4/c1-5-3-2-4-11-6(5)8(12)9(13)7(11)10(14)15/h5-9,12-13H,2-4H2,1H3,(H,14,15)/t5?,6-,7?,8?,9?/m0/s1. The van der Waals surface area contributed by atoms with Gasteiger partial charge >= 0.3 is 5.97 Å². The maximum Gasteiger partial charge on any atom is 0.323 e. The zero-order valence-electron chi connectivity index (χ0n) is 8.71. The number of carbonyl (C=O) groups is 1.